The van der Waals surface area contributed by atoms with Crippen LogP contribution in [0.4, 0.5) is 0 Å². The topological polar surface area (TPSA) is 26.3 Å². The molecule has 0 aromatic carbocycles. The van der Waals surface area contributed by atoms with Gasteiger partial charge in [0, 0.05) is 6.92 Å². The van der Waals surface area contributed by atoms with Gasteiger partial charge in [-0.2, -0.15) is 0 Å². The van der Waals surface area contributed by atoms with E-state index in [1.165, 1.54) is 6.92 Å². The zero-order valence-electron chi connectivity index (χ0n) is 6.10. The second kappa shape index (κ2) is 6.33. The molecule has 0 aliphatic heterocycles. The Kier molecular flexibility index (Phi) is 7.56. The van der Waals surface area contributed by atoms with Crippen molar-refractivity contribution in [3.05, 3.63) is 11.6 Å². The van der Waals surface area contributed by atoms with E-state index in [4.69, 9.17) is 0 Å². The van der Waals surface area contributed by atoms with Gasteiger partial charge in [-0.1, -0.05) is 13.0 Å². The van der Waals surface area contributed by atoms with Crippen molar-refractivity contribution in [2.45, 2.75) is 28.2 Å². The Labute approximate surface area is 62.9 Å². The first-order chi connectivity index (χ1) is 4.13. The number of hydrogen-bond acceptors (Lipinski definition) is 2. The van der Waals surface area contributed by atoms with E-state index in [-0.39, 0.29) is 13.4 Å². The van der Waals surface area contributed by atoms with E-state index in [1.807, 2.05) is 19.9 Å². The zero-order chi connectivity index (χ0) is 7.28. The molecule has 0 heterocycles. The van der Waals surface area contributed by atoms with Crippen molar-refractivity contribution in [2.24, 2.45) is 0 Å². The Hall–Kier alpha value is -0.790. The van der Waals surface area contributed by atoms with Crippen LogP contribution in [0.15, 0.2) is 11.6 Å². The molecule has 2 nitrogen and oxygen atoms in total. The number of hydrogen-bond donors (Lipinski definition) is 0. The van der Waals surface area contributed by atoms with E-state index in [0.29, 0.717) is 6.61 Å². The fraction of sp³-hybridized carbons (Fsp3) is 0.625. The molecule has 0 spiro atoms. The molecule has 0 rings (SSSR count). The predicted molar refractivity (Wildman–Crippen MR) is 42.8 cm³/mol. The number of esters is 1. The zero-order valence-corrected chi connectivity index (χ0v) is 6.10. The molecule has 60 valence electrons. The van der Waals surface area contributed by atoms with E-state index >= 15 is 0 Å². The first-order valence-corrected chi connectivity index (χ1v) is 2.89. The number of allylic oxidation sites excluding steroid dienone is 1. The first kappa shape index (κ1) is 11.9. The summed E-state index contributed by atoms with van der Waals surface area (Å²) in [6, 6.07) is 0. The first-order valence-electron chi connectivity index (χ1n) is 2.89. The molecular weight excluding hydrogens is 128 g/mol. The summed E-state index contributed by atoms with van der Waals surface area (Å²) in [6.07, 6.45) is 1.86. The summed E-state index contributed by atoms with van der Waals surface area (Å²) < 4.78 is 4.64. The molecule has 0 aromatic rings. The third-order valence-electron chi connectivity index (χ3n) is 0.778. The van der Waals surface area contributed by atoms with Gasteiger partial charge in [0.25, 0.3) is 0 Å². The van der Waals surface area contributed by atoms with Crippen molar-refractivity contribution >= 4 is 5.97 Å². The van der Waals surface area contributed by atoms with Crippen LogP contribution < -0.4 is 0 Å². The Bertz CT molecular complexity index is 121. The van der Waals surface area contributed by atoms with E-state index < -0.39 is 0 Å². The second-order valence-corrected chi connectivity index (χ2v) is 2.08. The Balaban J connectivity index is 0. The standard InChI is InChI=1S/C7H12O2.CH4/c1-6(2)4-5-9-7(3)8;/h4H,5H2,1-3H3;1H4. The van der Waals surface area contributed by atoms with Crippen LogP contribution in [0.2, 0.25) is 0 Å². The molecule has 0 unspecified atom stereocenters. The molecule has 0 amide bonds. The minimum Gasteiger partial charge on any atom is -0.462 e. The largest absolute Gasteiger partial charge is 0.462 e. The van der Waals surface area contributed by atoms with Crippen molar-refractivity contribution in [3.63, 3.8) is 0 Å². The molecule has 0 aliphatic carbocycles. The number of carbonyl (C=O) groups is 1. The van der Waals surface area contributed by atoms with Crippen molar-refractivity contribution in [1.29, 1.82) is 0 Å². The summed E-state index contributed by atoms with van der Waals surface area (Å²) in [5.41, 5.74) is 1.16. The number of rotatable bonds is 2. The smallest absolute Gasteiger partial charge is 0.302 e. The van der Waals surface area contributed by atoms with Crippen LogP contribution in [0, 0.1) is 0 Å². The highest BCUT2D eigenvalue weighted by Crippen LogP contribution is 1.87. The van der Waals surface area contributed by atoms with E-state index in [1.54, 1.807) is 0 Å². The Morgan fingerprint density at radius 2 is 1.90 bits per heavy atom. The van der Waals surface area contributed by atoms with Gasteiger partial charge in [0.2, 0.25) is 0 Å². The molecule has 0 saturated heterocycles. The highest BCUT2D eigenvalue weighted by atomic mass is 16.5. The van der Waals surface area contributed by atoms with Gasteiger partial charge in [-0.3, -0.25) is 4.79 Å². The predicted octanol–water partition coefficient (Wildman–Crippen LogP) is 2.15. The van der Waals surface area contributed by atoms with Crippen molar-refractivity contribution in [1.82, 2.24) is 0 Å². The molecular formula is C8H16O2. The van der Waals surface area contributed by atoms with Gasteiger partial charge in [-0.05, 0) is 19.9 Å². The van der Waals surface area contributed by atoms with Crippen LogP contribution >= 0.6 is 0 Å². The average Bonchev–Trinajstić information content (AvgIpc) is 1.63. The van der Waals surface area contributed by atoms with Crippen molar-refractivity contribution in [2.75, 3.05) is 6.61 Å². The number of carbonyl (C=O) groups excluding carboxylic acids is 1. The average molecular weight is 144 g/mol. The molecule has 0 fully saturated rings. The number of ether oxygens (including phenoxy) is 1. The molecule has 0 atom stereocenters. The highest BCUT2D eigenvalue weighted by Gasteiger charge is 1.86. The molecule has 0 N–H and O–H groups in total. The quantitative estimate of drug-likeness (QED) is 0.438. The van der Waals surface area contributed by atoms with Gasteiger partial charge in [-0.25, -0.2) is 0 Å². The van der Waals surface area contributed by atoms with Crippen LogP contribution in [0.5, 0.6) is 0 Å². The highest BCUT2D eigenvalue weighted by molar-refractivity contribution is 5.65. The van der Waals surface area contributed by atoms with Crippen LogP contribution in [0.1, 0.15) is 28.2 Å². The van der Waals surface area contributed by atoms with Gasteiger partial charge in [0.1, 0.15) is 6.61 Å². The van der Waals surface area contributed by atoms with Crippen molar-refractivity contribution < 1.29 is 9.53 Å². The summed E-state index contributed by atoms with van der Waals surface area (Å²) in [5.74, 6) is -0.229. The maximum absolute atomic E-state index is 10.2. The molecule has 0 saturated carbocycles. The van der Waals surface area contributed by atoms with E-state index in [0.717, 1.165) is 5.57 Å². The second-order valence-electron chi connectivity index (χ2n) is 2.08. The third-order valence-corrected chi connectivity index (χ3v) is 0.778. The maximum atomic E-state index is 10.2. The van der Waals surface area contributed by atoms with Gasteiger partial charge in [0.05, 0.1) is 0 Å². The normalized spacial score (nSPS) is 7.50. The minimum atomic E-state index is -0.229. The summed E-state index contributed by atoms with van der Waals surface area (Å²) >= 11 is 0. The van der Waals surface area contributed by atoms with Gasteiger partial charge < -0.3 is 4.74 Å². The molecule has 10 heavy (non-hydrogen) atoms. The summed E-state index contributed by atoms with van der Waals surface area (Å²) in [6.45, 7) is 5.73. The summed E-state index contributed by atoms with van der Waals surface area (Å²) in [4.78, 5) is 10.2. The van der Waals surface area contributed by atoms with Crippen LogP contribution in [-0.4, -0.2) is 12.6 Å². The summed E-state index contributed by atoms with van der Waals surface area (Å²) in [5, 5.41) is 0. The van der Waals surface area contributed by atoms with Crippen LogP contribution in [0.25, 0.3) is 0 Å². The lowest BCUT2D eigenvalue weighted by Crippen LogP contribution is -1.97. The van der Waals surface area contributed by atoms with Gasteiger partial charge in [0.15, 0.2) is 0 Å². The monoisotopic (exact) mass is 144 g/mol. The molecule has 0 radical (unpaired) electrons. The minimum absolute atomic E-state index is 0. The lowest BCUT2D eigenvalue weighted by molar-refractivity contribution is -0.139. The van der Waals surface area contributed by atoms with Crippen LogP contribution in [-0.2, 0) is 9.53 Å². The SMILES string of the molecule is C.CC(=O)OCC=C(C)C. The summed E-state index contributed by atoms with van der Waals surface area (Å²) in [7, 11) is 0. The van der Waals surface area contributed by atoms with E-state index in [2.05, 4.69) is 4.74 Å². The molecule has 0 bridgehead atoms. The lowest BCUT2D eigenvalue weighted by atomic mass is 10.3. The van der Waals surface area contributed by atoms with Gasteiger partial charge in [-0.15, -0.1) is 0 Å². The molecule has 2 heteroatoms. The molecule has 0 aromatic heterocycles. The third kappa shape index (κ3) is 10.2. The lowest BCUT2D eigenvalue weighted by Gasteiger charge is -1.94. The van der Waals surface area contributed by atoms with Crippen LogP contribution in [0.3, 0.4) is 0 Å². The maximum Gasteiger partial charge on any atom is 0.302 e. The van der Waals surface area contributed by atoms with E-state index in [9.17, 15) is 4.79 Å². The van der Waals surface area contributed by atoms with Gasteiger partial charge >= 0.3 is 5.97 Å². The Morgan fingerprint density at radius 3 is 2.20 bits per heavy atom. The fourth-order valence-corrected chi connectivity index (χ4v) is 0.326. The van der Waals surface area contributed by atoms with Crippen molar-refractivity contribution in [3.8, 4) is 0 Å². The molecule has 0 aliphatic rings. The Morgan fingerprint density at radius 1 is 1.40 bits per heavy atom. The fourth-order valence-electron chi connectivity index (χ4n) is 0.326.